The monoisotopic (exact) mass is 384 g/mol. The van der Waals surface area contributed by atoms with Gasteiger partial charge < -0.3 is 10.2 Å². The number of nitrogens with zero attached hydrogens (tertiary/aromatic N) is 1. The van der Waals surface area contributed by atoms with Crippen LogP contribution >= 0.6 is 0 Å². The summed E-state index contributed by atoms with van der Waals surface area (Å²) in [7, 11) is 0. The summed E-state index contributed by atoms with van der Waals surface area (Å²) in [5, 5.41) is 2.93. The molecule has 2 rings (SSSR count). The van der Waals surface area contributed by atoms with Crippen LogP contribution in [0, 0.1) is 12.7 Å². The second-order valence-electron chi connectivity index (χ2n) is 7.21. The van der Waals surface area contributed by atoms with Crippen molar-refractivity contribution < 1.29 is 14.0 Å². The van der Waals surface area contributed by atoms with Crippen molar-refractivity contribution in [2.24, 2.45) is 0 Å². The minimum atomic E-state index is -0.659. The molecule has 1 N–H and O–H groups in total. The highest BCUT2D eigenvalue weighted by atomic mass is 19.1. The first-order chi connectivity index (χ1) is 13.3. The van der Waals surface area contributed by atoms with Crippen molar-refractivity contribution in [3.8, 4) is 0 Å². The summed E-state index contributed by atoms with van der Waals surface area (Å²) >= 11 is 0. The summed E-state index contributed by atoms with van der Waals surface area (Å²) in [6.45, 7) is 7.91. The second-order valence-corrected chi connectivity index (χ2v) is 7.21. The maximum Gasteiger partial charge on any atom is 0.242 e. The minimum Gasteiger partial charge on any atom is -0.352 e. The molecule has 0 saturated heterocycles. The van der Waals surface area contributed by atoms with Gasteiger partial charge in [0.05, 0.1) is 6.42 Å². The Kier molecular flexibility index (Phi) is 7.73. The lowest BCUT2D eigenvalue weighted by Gasteiger charge is -2.30. The van der Waals surface area contributed by atoms with Crippen LogP contribution < -0.4 is 5.32 Å². The number of hydrogen-bond donors (Lipinski definition) is 1. The molecule has 5 heteroatoms. The molecule has 4 nitrogen and oxygen atoms in total. The van der Waals surface area contributed by atoms with E-state index in [0.717, 1.165) is 17.5 Å². The fraction of sp³-hybridized carbons (Fsp3) is 0.391. The third kappa shape index (κ3) is 5.65. The fourth-order valence-electron chi connectivity index (χ4n) is 2.93. The normalized spacial score (nSPS) is 12.9. The first kappa shape index (κ1) is 21.6. The Bertz CT molecular complexity index is 822. The average Bonchev–Trinajstić information content (AvgIpc) is 2.68. The first-order valence-corrected chi connectivity index (χ1v) is 9.71. The van der Waals surface area contributed by atoms with E-state index in [9.17, 15) is 14.0 Å². The summed E-state index contributed by atoms with van der Waals surface area (Å²) in [4.78, 5) is 27.3. The van der Waals surface area contributed by atoms with Crippen LogP contribution in [0.25, 0.3) is 0 Å². The van der Waals surface area contributed by atoms with Gasteiger partial charge in [-0.2, -0.15) is 0 Å². The number of nitrogens with one attached hydrogen (secondary N) is 1. The van der Waals surface area contributed by atoms with Gasteiger partial charge in [0.1, 0.15) is 11.9 Å². The van der Waals surface area contributed by atoms with Crippen LogP contribution in [0.5, 0.6) is 0 Å². The van der Waals surface area contributed by atoms with Gasteiger partial charge in [-0.1, -0.05) is 49.4 Å². The number of carbonyl (C=O) groups is 2. The molecule has 0 spiro atoms. The fourth-order valence-corrected chi connectivity index (χ4v) is 2.93. The van der Waals surface area contributed by atoms with Crippen molar-refractivity contribution in [3.63, 3.8) is 0 Å². The van der Waals surface area contributed by atoms with Crippen LogP contribution in [-0.4, -0.2) is 28.8 Å². The molecule has 2 amide bonds. The standard InChI is InChI=1S/C23H29FN2O2/c1-5-17(3)25-23(28)18(4)26(15-20-12-7-6-10-16(20)2)22(27)14-19-11-8-9-13-21(19)24/h6-13,17-18H,5,14-15H2,1-4H3,(H,25,28). The van der Waals surface area contributed by atoms with Crippen molar-refractivity contribution in [3.05, 3.63) is 71.0 Å². The molecular formula is C23H29FN2O2. The zero-order valence-corrected chi connectivity index (χ0v) is 17.0. The molecule has 28 heavy (non-hydrogen) atoms. The van der Waals surface area contributed by atoms with Crippen molar-refractivity contribution >= 4 is 11.8 Å². The second kappa shape index (κ2) is 10.0. The Morgan fingerprint density at radius 3 is 2.25 bits per heavy atom. The highest BCUT2D eigenvalue weighted by Crippen LogP contribution is 2.16. The smallest absolute Gasteiger partial charge is 0.242 e. The number of benzene rings is 2. The lowest BCUT2D eigenvalue weighted by Crippen LogP contribution is -2.50. The summed E-state index contributed by atoms with van der Waals surface area (Å²) in [5.74, 6) is -0.895. The number of halogens is 1. The lowest BCUT2D eigenvalue weighted by molar-refractivity contribution is -0.140. The molecule has 0 heterocycles. The Labute approximate surface area is 166 Å². The predicted octanol–water partition coefficient (Wildman–Crippen LogP) is 4.01. The van der Waals surface area contributed by atoms with Gasteiger partial charge in [-0.3, -0.25) is 9.59 Å². The van der Waals surface area contributed by atoms with E-state index in [4.69, 9.17) is 0 Å². The van der Waals surface area contributed by atoms with Crippen LogP contribution in [0.2, 0.25) is 0 Å². The van der Waals surface area contributed by atoms with Crippen molar-refractivity contribution in [2.45, 2.75) is 59.2 Å². The van der Waals surface area contributed by atoms with Gasteiger partial charge in [0.2, 0.25) is 11.8 Å². The SMILES string of the molecule is CCC(C)NC(=O)C(C)N(Cc1ccccc1C)C(=O)Cc1ccccc1F. The highest BCUT2D eigenvalue weighted by molar-refractivity contribution is 5.88. The summed E-state index contributed by atoms with van der Waals surface area (Å²) < 4.78 is 14.0. The van der Waals surface area contributed by atoms with E-state index in [0.29, 0.717) is 12.1 Å². The molecule has 150 valence electrons. The molecular weight excluding hydrogens is 355 g/mol. The van der Waals surface area contributed by atoms with Crippen molar-refractivity contribution in [1.82, 2.24) is 10.2 Å². The molecule has 0 aliphatic rings. The van der Waals surface area contributed by atoms with Crippen LogP contribution in [-0.2, 0) is 22.6 Å². The molecule has 0 fully saturated rings. The highest BCUT2D eigenvalue weighted by Gasteiger charge is 2.27. The number of amides is 2. The van der Waals surface area contributed by atoms with Gasteiger partial charge in [0, 0.05) is 12.6 Å². The van der Waals surface area contributed by atoms with Crippen LogP contribution in [0.3, 0.4) is 0 Å². The molecule has 2 unspecified atom stereocenters. The molecule has 0 aromatic heterocycles. The third-order valence-corrected chi connectivity index (χ3v) is 5.07. The van der Waals surface area contributed by atoms with Crippen LogP contribution in [0.1, 0.15) is 43.9 Å². The van der Waals surface area contributed by atoms with Crippen molar-refractivity contribution in [2.75, 3.05) is 0 Å². The maximum atomic E-state index is 14.0. The Balaban J connectivity index is 2.26. The van der Waals surface area contributed by atoms with Gasteiger partial charge in [0.25, 0.3) is 0 Å². The predicted molar refractivity (Wildman–Crippen MR) is 109 cm³/mol. The Hall–Kier alpha value is -2.69. The number of rotatable bonds is 8. The van der Waals surface area contributed by atoms with E-state index in [1.807, 2.05) is 45.0 Å². The van der Waals surface area contributed by atoms with Crippen LogP contribution in [0.15, 0.2) is 48.5 Å². The molecule has 2 atom stereocenters. The van der Waals surface area contributed by atoms with E-state index < -0.39 is 11.9 Å². The van der Waals surface area contributed by atoms with E-state index in [1.165, 1.54) is 11.0 Å². The average molecular weight is 384 g/mol. The number of carbonyl (C=O) groups excluding carboxylic acids is 2. The molecule has 0 aliphatic heterocycles. The third-order valence-electron chi connectivity index (χ3n) is 5.07. The van der Waals surface area contributed by atoms with E-state index >= 15 is 0 Å². The molecule has 2 aromatic carbocycles. The van der Waals surface area contributed by atoms with E-state index in [-0.39, 0.29) is 24.3 Å². The van der Waals surface area contributed by atoms with Gasteiger partial charge in [0.15, 0.2) is 0 Å². The molecule has 0 aliphatic carbocycles. The van der Waals surface area contributed by atoms with Gasteiger partial charge in [-0.05, 0) is 49.9 Å². The van der Waals surface area contributed by atoms with Crippen LogP contribution in [0.4, 0.5) is 4.39 Å². The molecule has 2 aromatic rings. The number of aryl methyl sites for hydroxylation is 1. The number of hydrogen-bond acceptors (Lipinski definition) is 2. The van der Waals surface area contributed by atoms with Crippen molar-refractivity contribution in [1.29, 1.82) is 0 Å². The van der Waals surface area contributed by atoms with Gasteiger partial charge >= 0.3 is 0 Å². The minimum absolute atomic E-state index is 0.0249. The van der Waals surface area contributed by atoms with E-state index in [2.05, 4.69) is 5.32 Å². The zero-order valence-electron chi connectivity index (χ0n) is 17.0. The lowest BCUT2D eigenvalue weighted by atomic mass is 10.1. The summed E-state index contributed by atoms with van der Waals surface area (Å²) in [5.41, 5.74) is 2.34. The molecule has 0 bridgehead atoms. The maximum absolute atomic E-state index is 14.0. The summed E-state index contributed by atoms with van der Waals surface area (Å²) in [6.07, 6.45) is 0.721. The largest absolute Gasteiger partial charge is 0.352 e. The topological polar surface area (TPSA) is 49.4 Å². The molecule has 0 saturated carbocycles. The first-order valence-electron chi connectivity index (χ1n) is 9.71. The van der Waals surface area contributed by atoms with Gasteiger partial charge in [-0.15, -0.1) is 0 Å². The van der Waals surface area contributed by atoms with E-state index in [1.54, 1.807) is 25.1 Å². The zero-order chi connectivity index (χ0) is 20.7. The Morgan fingerprint density at radius 1 is 1.04 bits per heavy atom. The van der Waals surface area contributed by atoms with Gasteiger partial charge in [-0.25, -0.2) is 4.39 Å². The molecule has 0 radical (unpaired) electrons. The Morgan fingerprint density at radius 2 is 1.64 bits per heavy atom. The summed E-state index contributed by atoms with van der Waals surface area (Å²) in [6, 6.07) is 13.4. The quantitative estimate of drug-likeness (QED) is 0.748.